The Hall–Kier alpha value is -2.24. The highest BCUT2D eigenvalue weighted by Crippen LogP contribution is 2.32. The Morgan fingerprint density at radius 1 is 1.33 bits per heavy atom. The van der Waals surface area contributed by atoms with Gasteiger partial charge in [-0.05, 0) is 30.7 Å². The molecule has 1 aliphatic rings. The molecular weight excluding hydrogens is 306 g/mol. The SMILES string of the molecule is CC(C)CNC(=O)N1CCC(c2cccc3c2oc(=O)n3C)CC1. The van der Waals surface area contributed by atoms with E-state index in [0.717, 1.165) is 37.0 Å². The van der Waals surface area contributed by atoms with Crippen LogP contribution in [0.4, 0.5) is 4.79 Å². The van der Waals surface area contributed by atoms with Crippen LogP contribution in [-0.4, -0.2) is 35.1 Å². The number of benzene rings is 1. The minimum atomic E-state index is -0.331. The number of aryl methyl sites for hydroxylation is 1. The number of hydrogen-bond acceptors (Lipinski definition) is 3. The van der Waals surface area contributed by atoms with E-state index in [2.05, 4.69) is 19.2 Å². The molecule has 2 heterocycles. The number of aromatic nitrogens is 1. The van der Waals surface area contributed by atoms with E-state index in [4.69, 9.17) is 4.42 Å². The maximum Gasteiger partial charge on any atom is 0.419 e. The van der Waals surface area contributed by atoms with Crippen LogP contribution in [0.3, 0.4) is 0 Å². The summed E-state index contributed by atoms with van der Waals surface area (Å²) >= 11 is 0. The number of fused-ring (bicyclic) bond motifs is 1. The number of oxazole rings is 1. The van der Waals surface area contributed by atoms with Crippen LogP contribution in [0.25, 0.3) is 11.1 Å². The van der Waals surface area contributed by atoms with Crippen LogP contribution >= 0.6 is 0 Å². The maximum absolute atomic E-state index is 12.2. The number of piperidine rings is 1. The standard InChI is InChI=1S/C18H25N3O3/c1-12(2)11-19-17(22)21-9-7-13(8-10-21)14-5-4-6-15-16(14)24-18(23)20(15)3/h4-6,12-13H,7-11H2,1-3H3,(H,19,22). The quantitative estimate of drug-likeness (QED) is 0.940. The average Bonchev–Trinajstić information content (AvgIpc) is 2.87. The molecule has 1 saturated heterocycles. The molecule has 0 bridgehead atoms. The zero-order valence-electron chi connectivity index (χ0n) is 14.5. The Labute approximate surface area is 141 Å². The second-order valence-corrected chi connectivity index (χ2v) is 6.96. The molecule has 0 aliphatic carbocycles. The number of nitrogens with zero attached hydrogens (tertiary/aromatic N) is 2. The minimum Gasteiger partial charge on any atom is -0.407 e. The molecule has 0 radical (unpaired) electrons. The number of amides is 2. The third kappa shape index (κ3) is 3.18. The number of urea groups is 1. The summed E-state index contributed by atoms with van der Waals surface area (Å²) in [5.41, 5.74) is 2.59. The van der Waals surface area contributed by atoms with Gasteiger partial charge in [-0.15, -0.1) is 0 Å². The van der Waals surface area contributed by atoms with Crippen LogP contribution in [0.1, 0.15) is 38.2 Å². The van der Waals surface area contributed by atoms with Gasteiger partial charge >= 0.3 is 11.8 Å². The molecule has 0 saturated carbocycles. The number of carbonyl (C=O) groups excluding carboxylic acids is 1. The molecule has 1 N–H and O–H groups in total. The highest BCUT2D eigenvalue weighted by atomic mass is 16.4. The van der Waals surface area contributed by atoms with Gasteiger partial charge in [-0.25, -0.2) is 9.59 Å². The van der Waals surface area contributed by atoms with Crippen LogP contribution in [-0.2, 0) is 7.05 Å². The first-order valence-corrected chi connectivity index (χ1v) is 8.58. The van der Waals surface area contributed by atoms with E-state index in [1.165, 1.54) is 4.57 Å². The zero-order chi connectivity index (χ0) is 17.3. The molecule has 1 aromatic heterocycles. The Balaban J connectivity index is 1.70. The van der Waals surface area contributed by atoms with Crippen molar-refractivity contribution in [3.8, 4) is 0 Å². The van der Waals surface area contributed by atoms with Gasteiger partial charge in [-0.1, -0.05) is 26.0 Å². The second-order valence-electron chi connectivity index (χ2n) is 6.96. The highest BCUT2D eigenvalue weighted by Gasteiger charge is 2.26. The van der Waals surface area contributed by atoms with Crippen molar-refractivity contribution in [1.82, 2.24) is 14.8 Å². The third-order valence-corrected chi connectivity index (χ3v) is 4.73. The van der Waals surface area contributed by atoms with E-state index >= 15 is 0 Å². The predicted octanol–water partition coefficient (Wildman–Crippen LogP) is 2.68. The Bertz CT molecular complexity index is 782. The molecule has 6 heteroatoms. The smallest absolute Gasteiger partial charge is 0.407 e. The van der Waals surface area contributed by atoms with E-state index < -0.39 is 0 Å². The maximum atomic E-state index is 12.2. The van der Waals surface area contributed by atoms with Crippen LogP contribution < -0.4 is 11.1 Å². The summed E-state index contributed by atoms with van der Waals surface area (Å²) in [5, 5.41) is 2.97. The fourth-order valence-corrected chi connectivity index (χ4v) is 3.29. The molecule has 6 nitrogen and oxygen atoms in total. The van der Waals surface area contributed by atoms with E-state index in [1.807, 2.05) is 23.1 Å². The topological polar surface area (TPSA) is 67.5 Å². The Morgan fingerprint density at radius 3 is 2.71 bits per heavy atom. The lowest BCUT2D eigenvalue weighted by molar-refractivity contribution is 0.180. The third-order valence-electron chi connectivity index (χ3n) is 4.73. The molecule has 0 unspecified atom stereocenters. The molecule has 1 fully saturated rings. The zero-order valence-corrected chi connectivity index (χ0v) is 14.5. The van der Waals surface area contributed by atoms with Gasteiger partial charge in [0.25, 0.3) is 0 Å². The van der Waals surface area contributed by atoms with Crippen LogP contribution in [0.5, 0.6) is 0 Å². The molecule has 3 rings (SSSR count). The molecule has 0 spiro atoms. The summed E-state index contributed by atoms with van der Waals surface area (Å²) in [5.74, 6) is 0.432. The lowest BCUT2D eigenvalue weighted by Crippen LogP contribution is -2.45. The highest BCUT2D eigenvalue weighted by molar-refractivity contribution is 5.77. The van der Waals surface area contributed by atoms with Crippen LogP contribution in [0.15, 0.2) is 27.4 Å². The monoisotopic (exact) mass is 331 g/mol. The molecule has 2 amide bonds. The van der Waals surface area contributed by atoms with Crippen molar-refractivity contribution in [1.29, 1.82) is 0 Å². The summed E-state index contributed by atoms with van der Waals surface area (Å²) in [6.07, 6.45) is 1.76. The molecule has 1 aliphatic heterocycles. The first-order valence-electron chi connectivity index (χ1n) is 8.58. The van der Waals surface area contributed by atoms with Crippen molar-refractivity contribution in [2.75, 3.05) is 19.6 Å². The van der Waals surface area contributed by atoms with Crippen molar-refractivity contribution >= 4 is 17.1 Å². The first-order chi connectivity index (χ1) is 11.5. The molecule has 2 aromatic rings. The predicted molar refractivity (Wildman–Crippen MR) is 93.2 cm³/mol. The molecule has 1 aromatic carbocycles. The van der Waals surface area contributed by atoms with Gasteiger partial charge in [0.05, 0.1) is 5.52 Å². The van der Waals surface area contributed by atoms with Gasteiger partial charge in [0.15, 0.2) is 5.58 Å². The van der Waals surface area contributed by atoms with Gasteiger partial charge in [-0.3, -0.25) is 4.57 Å². The van der Waals surface area contributed by atoms with E-state index in [0.29, 0.717) is 24.0 Å². The summed E-state index contributed by atoms with van der Waals surface area (Å²) in [6.45, 7) is 6.32. The normalized spacial score (nSPS) is 16.1. The summed E-state index contributed by atoms with van der Waals surface area (Å²) < 4.78 is 6.97. The summed E-state index contributed by atoms with van der Waals surface area (Å²) in [7, 11) is 1.72. The number of nitrogens with one attached hydrogen (secondary N) is 1. The van der Waals surface area contributed by atoms with Crippen molar-refractivity contribution < 1.29 is 9.21 Å². The molecule has 0 atom stereocenters. The number of likely N-dealkylation sites (tertiary alicyclic amines) is 1. The van der Waals surface area contributed by atoms with Gasteiger partial charge in [0, 0.05) is 32.2 Å². The van der Waals surface area contributed by atoms with Crippen molar-refractivity contribution in [2.45, 2.75) is 32.6 Å². The van der Waals surface area contributed by atoms with E-state index in [9.17, 15) is 9.59 Å². The van der Waals surface area contributed by atoms with Crippen LogP contribution in [0, 0.1) is 5.92 Å². The lowest BCUT2D eigenvalue weighted by atomic mass is 9.89. The van der Waals surface area contributed by atoms with E-state index in [1.54, 1.807) is 7.05 Å². The van der Waals surface area contributed by atoms with Crippen LogP contribution in [0.2, 0.25) is 0 Å². The molecule has 130 valence electrons. The van der Waals surface area contributed by atoms with Gasteiger partial charge in [0.1, 0.15) is 0 Å². The molecule has 24 heavy (non-hydrogen) atoms. The Kier molecular flexibility index (Phi) is 4.64. The fourth-order valence-electron chi connectivity index (χ4n) is 3.29. The van der Waals surface area contributed by atoms with E-state index in [-0.39, 0.29) is 11.8 Å². The average molecular weight is 331 g/mol. The number of hydrogen-bond donors (Lipinski definition) is 1. The van der Waals surface area contributed by atoms with Gasteiger partial charge in [-0.2, -0.15) is 0 Å². The second kappa shape index (κ2) is 6.71. The summed E-state index contributed by atoms with van der Waals surface area (Å²) in [4.78, 5) is 25.8. The molecular formula is C18H25N3O3. The minimum absolute atomic E-state index is 0.0200. The summed E-state index contributed by atoms with van der Waals surface area (Å²) in [6, 6.07) is 5.92. The number of rotatable bonds is 3. The van der Waals surface area contributed by atoms with Crippen molar-refractivity contribution in [3.63, 3.8) is 0 Å². The fraction of sp³-hybridized carbons (Fsp3) is 0.556. The largest absolute Gasteiger partial charge is 0.419 e. The van der Waals surface area contributed by atoms with Gasteiger partial charge in [0.2, 0.25) is 0 Å². The van der Waals surface area contributed by atoms with Gasteiger partial charge < -0.3 is 14.6 Å². The number of carbonyl (C=O) groups is 1. The first kappa shape index (κ1) is 16.6. The number of para-hydroxylation sites is 1. The van der Waals surface area contributed by atoms with Crippen molar-refractivity contribution in [3.05, 3.63) is 34.3 Å². The lowest BCUT2D eigenvalue weighted by Gasteiger charge is -2.32. The Morgan fingerprint density at radius 2 is 2.04 bits per heavy atom. The van der Waals surface area contributed by atoms with Crippen molar-refractivity contribution in [2.24, 2.45) is 13.0 Å².